The van der Waals surface area contributed by atoms with Crippen LogP contribution < -0.4 is 4.74 Å². The van der Waals surface area contributed by atoms with Gasteiger partial charge in [0.25, 0.3) is 0 Å². The van der Waals surface area contributed by atoms with Crippen LogP contribution in [0.15, 0.2) is 47.6 Å². The molecule has 3 aromatic rings. The van der Waals surface area contributed by atoms with Gasteiger partial charge < -0.3 is 4.74 Å². The maximum atomic E-state index is 13.6. The lowest BCUT2D eigenvalue weighted by molar-refractivity contribution is 0.101. The van der Waals surface area contributed by atoms with Crippen molar-refractivity contribution in [3.8, 4) is 11.4 Å². The van der Waals surface area contributed by atoms with Gasteiger partial charge in [-0.2, -0.15) is 4.68 Å². The van der Waals surface area contributed by atoms with Crippen LogP contribution in [-0.2, 0) is 0 Å². The second-order valence-electron chi connectivity index (χ2n) is 4.91. The lowest BCUT2D eigenvalue weighted by Crippen LogP contribution is -2.07. The Morgan fingerprint density at radius 3 is 2.68 bits per heavy atom. The van der Waals surface area contributed by atoms with Crippen molar-refractivity contribution in [2.75, 3.05) is 12.9 Å². The summed E-state index contributed by atoms with van der Waals surface area (Å²) in [4.78, 5) is 12.1. The molecule has 1 aromatic heterocycles. The number of Topliss-reactive ketones (excluding diaryl/α,β-unsaturated/α-hetero) is 1. The molecule has 0 bridgehead atoms. The number of aromatic nitrogens is 4. The number of rotatable bonds is 6. The standard InChI is InChI=1S/C16H12F2N4O2S/c1-24-12-5-3-11(4-6-12)22-16(19-20-21-22)25-9-15(23)13-8-10(17)2-7-14(13)18/h2-8H,9H2,1H3. The van der Waals surface area contributed by atoms with E-state index in [1.54, 1.807) is 31.4 Å². The first-order chi connectivity index (χ1) is 12.1. The highest BCUT2D eigenvalue weighted by Crippen LogP contribution is 2.22. The molecular formula is C16H12F2N4O2S. The monoisotopic (exact) mass is 362 g/mol. The molecule has 0 atom stereocenters. The van der Waals surface area contributed by atoms with Crippen LogP contribution in [0.25, 0.3) is 5.69 Å². The highest BCUT2D eigenvalue weighted by atomic mass is 32.2. The maximum absolute atomic E-state index is 13.6. The maximum Gasteiger partial charge on any atom is 0.214 e. The number of hydrogen-bond acceptors (Lipinski definition) is 6. The fourth-order valence-electron chi connectivity index (χ4n) is 2.07. The van der Waals surface area contributed by atoms with Crippen molar-refractivity contribution in [3.63, 3.8) is 0 Å². The molecule has 128 valence electrons. The van der Waals surface area contributed by atoms with Crippen LogP contribution in [0.2, 0.25) is 0 Å². The van der Waals surface area contributed by atoms with Gasteiger partial charge in [0.2, 0.25) is 5.16 Å². The average Bonchev–Trinajstić information content (AvgIpc) is 3.10. The first-order valence-corrected chi connectivity index (χ1v) is 8.11. The highest BCUT2D eigenvalue weighted by molar-refractivity contribution is 7.99. The zero-order valence-electron chi connectivity index (χ0n) is 13.0. The largest absolute Gasteiger partial charge is 0.497 e. The molecule has 0 aliphatic rings. The predicted octanol–water partition coefficient (Wildman–Crippen LogP) is 2.92. The first-order valence-electron chi connectivity index (χ1n) is 7.12. The lowest BCUT2D eigenvalue weighted by Gasteiger charge is -2.06. The summed E-state index contributed by atoms with van der Waals surface area (Å²) in [6.07, 6.45) is 0. The Bertz CT molecular complexity index is 899. The number of methoxy groups -OCH3 is 1. The van der Waals surface area contributed by atoms with Gasteiger partial charge in [-0.05, 0) is 52.9 Å². The van der Waals surface area contributed by atoms with Gasteiger partial charge in [0.1, 0.15) is 17.4 Å². The fraction of sp³-hybridized carbons (Fsp3) is 0.125. The molecule has 1 heterocycles. The van der Waals surface area contributed by atoms with Gasteiger partial charge in [-0.3, -0.25) is 4.79 Å². The molecule has 0 fully saturated rings. The number of ether oxygens (including phenoxy) is 1. The molecule has 0 saturated heterocycles. The minimum absolute atomic E-state index is 0.128. The van der Waals surface area contributed by atoms with Gasteiger partial charge in [0, 0.05) is 0 Å². The van der Waals surface area contributed by atoms with Crippen LogP contribution in [0.4, 0.5) is 8.78 Å². The highest BCUT2D eigenvalue weighted by Gasteiger charge is 2.16. The van der Waals surface area contributed by atoms with Crippen molar-refractivity contribution in [2.24, 2.45) is 0 Å². The van der Waals surface area contributed by atoms with E-state index in [0.29, 0.717) is 16.6 Å². The van der Waals surface area contributed by atoms with Crippen LogP contribution in [-0.4, -0.2) is 38.9 Å². The number of hydrogen-bond donors (Lipinski definition) is 0. The Morgan fingerprint density at radius 1 is 1.20 bits per heavy atom. The molecule has 9 heteroatoms. The summed E-state index contributed by atoms with van der Waals surface area (Å²) in [7, 11) is 1.56. The third-order valence-electron chi connectivity index (χ3n) is 3.32. The van der Waals surface area contributed by atoms with E-state index in [1.807, 2.05) is 0 Å². The van der Waals surface area contributed by atoms with Crippen molar-refractivity contribution < 1.29 is 18.3 Å². The Hall–Kier alpha value is -2.81. The number of carbonyl (C=O) groups excluding carboxylic acids is 1. The van der Waals surface area contributed by atoms with Crippen molar-refractivity contribution in [3.05, 3.63) is 59.7 Å². The van der Waals surface area contributed by atoms with Crippen LogP contribution in [0.3, 0.4) is 0 Å². The third-order valence-corrected chi connectivity index (χ3v) is 4.24. The van der Waals surface area contributed by atoms with Crippen molar-refractivity contribution in [2.45, 2.75) is 5.16 Å². The normalized spacial score (nSPS) is 10.7. The molecule has 0 spiro atoms. The molecule has 0 unspecified atom stereocenters. The number of benzene rings is 2. The van der Waals surface area contributed by atoms with Crippen LogP contribution in [0.5, 0.6) is 5.75 Å². The van der Waals surface area contributed by atoms with E-state index >= 15 is 0 Å². The minimum Gasteiger partial charge on any atom is -0.497 e. The number of ketones is 1. The minimum atomic E-state index is -0.762. The molecule has 0 radical (unpaired) electrons. The van der Waals surface area contributed by atoms with E-state index in [4.69, 9.17) is 4.74 Å². The van der Waals surface area contributed by atoms with Crippen molar-refractivity contribution in [1.82, 2.24) is 20.2 Å². The smallest absolute Gasteiger partial charge is 0.214 e. The van der Waals surface area contributed by atoms with Crippen molar-refractivity contribution >= 4 is 17.5 Å². The van der Waals surface area contributed by atoms with Gasteiger partial charge in [0.15, 0.2) is 5.78 Å². The summed E-state index contributed by atoms with van der Waals surface area (Å²) in [5.74, 6) is -1.43. The molecule has 0 amide bonds. The summed E-state index contributed by atoms with van der Waals surface area (Å²) in [6.45, 7) is 0. The molecule has 0 N–H and O–H groups in total. The van der Waals surface area contributed by atoms with E-state index in [1.165, 1.54) is 4.68 Å². The summed E-state index contributed by atoms with van der Waals surface area (Å²) in [5.41, 5.74) is 0.383. The molecule has 6 nitrogen and oxygen atoms in total. The molecule has 0 saturated carbocycles. The van der Waals surface area contributed by atoms with E-state index < -0.39 is 17.4 Å². The van der Waals surface area contributed by atoms with Crippen LogP contribution in [0, 0.1) is 11.6 Å². The number of halogens is 2. The fourth-order valence-corrected chi connectivity index (χ4v) is 2.85. The lowest BCUT2D eigenvalue weighted by atomic mass is 10.1. The predicted molar refractivity (Wildman–Crippen MR) is 87.1 cm³/mol. The first kappa shape index (κ1) is 17.0. The summed E-state index contributed by atoms with van der Waals surface area (Å²) in [5, 5.41) is 11.7. The van der Waals surface area contributed by atoms with E-state index in [9.17, 15) is 13.6 Å². The summed E-state index contributed by atoms with van der Waals surface area (Å²) in [6, 6.07) is 9.78. The molecule has 0 aliphatic heterocycles. The molecule has 3 rings (SSSR count). The van der Waals surface area contributed by atoms with Gasteiger partial charge in [-0.15, -0.1) is 5.10 Å². The Morgan fingerprint density at radius 2 is 1.96 bits per heavy atom. The molecule has 0 aliphatic carbocycles. The van der Waals surface area contributed by atoms with Gasteiger partial charge in [0.05, 0.1) is 24.1 Å². The number of nitrogens with zero attached hydrogens (tertiary/aromatic N) is 4. The van der Waals surface area contributed by atoms with E-state index in [-0.39, 0.29) is 11.3 Å². The Kier molecular flexibility index (Phi) is 5.03. The van der Waals surface area contributed by atoms with Crippen molar-refractivity contribution in [1.29, 1.82) is 0 Å². The van der Waals surface area contributed by atoms with Crippen LogP contribution in [0.1, 0.15) is 10.4 Å². The zero-order valence-corrected chi connectivity index (χ0v) is 13.8. The SMILES string of the molecule is COc1ccc(-n2nnnc2SCC(=O)c2cc(F)ccc2F)cc1. The van der Waals surface area contributed by atoms with E-state index in [0.717, 1.165) is 30.0 Å². The van der Waals surface area contributed by atoms with E-state index in [2.05, 4.69) is 15.5 Å². The average molecular weight is 362 g/mol. The second-order valence-corrected chi connectivity index (χ2v) is 5.85. The number of tetrazole rings is 1. The number of carbonyl (C=O) groups is 1. The second kappa shape index (κ2) is 7.39. The topological polar surface area (TPSA) is 69.9 Å². The summed E-state index contributed by atoms with van der Waals surface area (Å²) >= 11 is 1.03. The Labute approximate surface area is 145 Å². The van der Waals surface area contributed by atoms with Gasteiger partial charge in [-0.1, -0.05) is 11.8 Å². The Balaban J connectivity index is 1.75. The quantitative estimate of drug-likeness (QED) is 0.496. The van der Waals surface area contributed by atoms with Gasteiger partial charge in [-0.25, -0.2) is 8.78 Å². The van der Waals surface area contributed by atoms with Crippen LogP contribution >= 0.6 is 11.8 Å². The summed E-state index contributed by atoms with van der Waals surface area (Å²) < 4.78 is 33.4. The van der Waals surface area contributed by atoms with Gasteiger partial charge >= 0.3 is 0 Å². The molecule has 25 heavy (non-hydrogen) atoms. The number of thioether (sulfide) groups is 1. The third kappa shape index (κ3) is 3.82. The molecule has 2 aromatic carbocycles. The zero-order chi connectivity index (χ0) is 17.8. The molecular weight excluding hydrogens is 350 g/mol.